The number of hydrogen-bond acceptors (Lipinski definition) is 7. The Labute approximate surface area is 277 Å². The van der Waals surface area contributed by atoms with Gasteiger partial charge >= 0.3 is 0 Å². The lowest BCUT2D eigenvalue weighted by Gasteiger charge is -2.44. The Morgan fingerprint density at radius 2 is 1.51 bits per heavy atom. The van der Waals surface area contributed by atoms with Gasteiger partial charge in [-0.1, -0.05) is 66.7 Å². The predicted octanol–water partition coefficient (Wildman–Crippen LogP) is 4.49. The van der Waals surface area contributed by atoms with E-state index >= 15 is 0 Å². The van der Waals surface area contributed by atoms with Gasteiger partial charge in [0.1, 0.15) is 5.82 Å². The third-order valence-electron chi connectivity index (χ3n) is 9.72. The largest absolute Gasteiger partial charge is 0.395 e. The van der Waals surface area contributed by atoms with Crippen LogP contribution < -0.4 is 11.1 Å². The van der Waals surface area contributed by atoms with Gasteiger partial charge in [-0.2, -0.15) is 0 Å². The van der Waals surface area contributed by atoms with E-state index in [1.165, 1.54) is 5.56 Å². The number of aliphatic hydroxyl groups is 1. The second kappa shape index (κ2) is 14.0. The molecule has 2 fully saturated rings. The Balaban J connectivity index is 1.07. The van der Waals surface area contributed by atoms with Gasteiger partial charge < -0.3 is 21.1 Å². The van der Waals surface area contributed by atoms with Crippen LogP contribution in [-0.2, 0) is 5.54 Å². The topological polar surface area (TPSA) is 115 Å². The summed E-state index contributed by atoms with van der Waals surface area (Å²) < 4.78 is 0. The number of nitrogens with zero attached hydrogens (tertiary/aromatic N) is 4. The smallest absolute Gasteiger partial charge is 0.255 e. The molecule has 0 saturated carbocycles. The summed E-state index contributed by atoms with van der Waals surface area (Å²) in [5.74, 6) is -0.157. The maximum absolute atomic E-state index is 13.4. The molecule has 1 aromatic heterocycles. The molecule has 9 heteroatoms. The number of anilines is 1. The first-order valence-electron chi connectivity index (χ1n) is 16.4. The molecule has 6 rings (SSSR count). The van der Waals surface area contributed by atoms with E-state index in [0.717, 1.165) is 55.0 Å². The minimum atomic E-state index is -0.290. The number of piperazine rings is 1. The maximum atomic E-state index is 13.4. The van der Waals surface area contributed by atoms with E-state index in [1.807, 2.05) is 54.6 Å². The van der Waals surface area contributed by atoms with Gasteiger partial charge in [0.15, 0.2) is 0 Å². The third kappa shape index (κ3) is 7.22. The highest BCUT2D eigenvalue weighted by Gasteiger charge is 2.32. The Hall–Kier alpha value is -4.57. The van der Waals surface area contributed by atoms with Gasteiger partial charge in [0, 0.05) is 74.7 Å². The highest BCUT2D eigenvalue weighted by molar-refractivity contribution is 6.00. The summed E-state index contributed by atoms with van der Waals surface area (Å²) in [6.07, 6.45) is 2.37. The molecule has 2 saturated heterocycles. The van der Waals surface area contributed by atoms with Crippen LogP contribution in [0.1, 0.15) is 46.5 Å². The molecule has 3 aromatic carbocycles. The SMILES string of the molecule is CC(C)(c1ccc(-c2cnc(N)c(C(=O)NC3CCN(C(=O)c4ccc(-c5ccccc5)cc4)C3)c2)cc1)N1CCN(CCO)CC1. The van der Waals surface area contributed by atoms with Crippen LogP contribution in [0.2, 0.25) is 0 Å². The van der Waals surface area contributed by atoms with Gasteiger partial charge in [0.05, 0.1) is 12.2 Å². The summed E-state index contributed by atoms with van der Waals surface area (Å²) in [4.78, 5) is 37.6. The fourth-order valence-electron chi connectivity index (χ4n) is 6.68. The molecular formula is C38H44N6O3. The van der Waals surface area contributed by atoms with E-state index in [2.05, 4.69) is 58.2 Å². The fourth-order valence-corrected chi connectivity index (χ4v) is 6.68. The number of pyridine rings is 1. The van der Waals surface area contributed by atoms with Crippen molar-refractivity contribution in [1.82, 2.24) is 25.0 Å². The molecule has 3 heterocycles. The molecule has 0 spiro atoms. The monoisotopic (exact) mass is 632 g/mol. The van der Waals surface area contributed by atoms with E-state index in [0.29, 0.717) is 30.6 Å². The number of likely N-dealkylation sites (tertiary alicyclic amines) is 1. The van der Waals surface area contributed by atoms with E-state index in [-0.39, 0.29) is 35.8 Å². The number of aromatic nitrogens is 1. The number of nitrogens with two attached hydrogens (primary N) is 1. The number of rotatable bonds is 9. The summed E-state index contributed by atoms with van der Waals surface area (Å²) >= 11 is 0. The average Bonchev–Trinajstić information content (AvgIpc) is 3.57. The average molecular weight is 633 g/mol. The maximum Gasteiger partial charge on any atom is 0.255 e. The minimum absolute atomic E-state index is 0.0416. The number of aliphatic hydroxyl groups excluding tert-OH is 1. The molecule has 2 aliphatic rings. The minimum Gasteiger partial charge on any atom is -0.395 e. The fraction of sp³-hybridized carbons (Fsp3) is 0.342. The molecule has 0 radical (unpaired) electrons. The molecule has 1 unspecified atom stereocenters. The normalized spacial score (nSPS) is 17.5. The van der Waals surface area contributed by atoms with Crippen LogP contribution in [0.5, 0.6) is 0 Å². The standard InChI is InChI=1S/C38H44N6O3/c1-38(2,44-20-18-42(19-21-44)22-23-45)32-14-12-29(13-15-32)31-24-34(35(39)40-25-31)36(46)41-33-16-17-43(26-33)37(47)30-10-8-28(9-11-30)27-6-4-3-5-7-27/h3-15,24-25,33,45H,16-23,26H2,1-2H3,(H2,39,40)(H,41,46). The van der Waals surface area contributed by atoms with Gasteiger partial charge in [-0.3, -0.25) is 19.4 Å². The van der Waals surface area contributed by atoms with Crippen molar-refractivity contribution in [2.75, 3.05) is 58.2 Å². The van der Waals surface area contributed by atoms with Gasteiger partial charge in [0.25, 0.3) is 11.8 Å². The number of nitrogen functional groups attached to an aromatic ring is 1. The van der Waals surface area contributed by atoms with Crippen molar-refractivity contribution in [3.05, 3.63) is 108 Å². The zero-order chi connectivity index (χ0) is 33.0. The van der Waals surface area contributed by atoms with Crippen molar-refractivity contribution in [3.63, 3.8) is 0 Å². The summed E-state index contributed by atoms with van der Waals surface area (Å²) in [7, 11) is 0. The van der Waals surface area contributed by atoms with E-state index in [1.54, 1.807) is 17.2 Å². The summed E-state index contributed by atoms with van der Waals surface area (Å²) in [5.41, 5.74) is 12.1. The second-order valence-electron chi connectivity index (χ2n) is 13.0. The molecular weight excluding hydrogens is 588 g/mol. The van der Waals surface area contributed by atoms with Crippen LogP contribution in [-0.4, -0.2) is 95.1 Å². The summed E-state index contributed by atoms with van der Waals surface area (Å²) in [5, 5.41) is 12.3. The molecule has 4 N–H and O–H groups in total. The number of β-amino-alcohol motifs (C(OH)–C–C–N with tert-alkyl or cyclic N) is 1. The number of nitrogens with one attached hydrogen (secondary N) is 1. The molecule has 2 aliphatic heterocycles. The molecule has 47 heavy (non-hydrogen) atoms. The highest BCUT2D eigenvalue weighted by atomic mass is 16.3. The highest BCUT2D eigenvalue weighted by Crippen LogP contribution is 2.31. The van der Waals surface area contributed by atoms with E-state index in [9.17, 15) is 14.7 Å². The molecule has 4 aromatic rings. The molecule has 1 atom stereocenters. The first-order chi connectivity index (χ1) is 22.7. The van der Waals surface area contributed by atoms with Crippen molar-refractivity contribution in [1.29, 1.82) is 0 Å². The number of hydrogen-bond donors (Lipinski definition) is 3. The lowest BCUT2D eigenvalue weighted by atomic mass is 9.90. The van der Waals surface area contributed by atoms with Crippen LogP contribution >= 0.6 is 0 Å². The Morgan fingerprint density at radius 1 is 0.872 bits per heavy atom. The van der Waals surface area contributed by atoms with Gasteiger partial charge in [-0.25, -0.2) is 4.98 Å². The van der Waals surface area contributed by atoms with Crippen molar-refractivity contribution in [2.45, 2.75) is 31.8 Å². The van der Waals surface area contributed by atoms with Gasteiger partial charge in [-0.15, -0.1) is 0 Å². The number of carbonyl (C=O) groups excluding carboxylic acids is 2. The van der Waals surface area contributed by atoms with Crippen LogP contribution in [0.4, 0.5) is 5.82 Å². The Bertz CT molecular complexity index is 1680. The summed E-state index contributed by atoms with van der Waals surface area (Å²) in [6, 6.07) is 27.8. The van der Waals surface area contributed by atoms with Crippen molar-refractivity contribution in [2.24, 2.45) is 0 Å². The van der Waals surface area contributed by atoms with Gasteiger partial charge in [-0.05, 0) is 60.7 Å². The molecule has 0 aliphatic carbocycles. The molecule has 2 amide bonds. The number of carbonyl (C=O) groups is 2. The molecule has 9 nitrogen and oxygen atoms in total. The second-order valence-corrected chi connectivity index (χ2v) is 13.0. The van der Waals surface area contributed by atoms with E-state index < -0.39 is 0 Å². The van der Waals surface area contributed by atoms with Crippen molar-refractivity contribution >= 4 is 17.6 Å². The van der Waals surface area contributed by atoms with Crippen LogP contribution in [0.3, 0.4) is 0 Å². The number of amides is 2. The van der Waals surface area contributed by atoms with Crippen LogP contribution in [0.25, 0.3) is 22.3 Å². The van der Waals surface area contributed by atoms with E-state index in [4.69, 9.17) is 5.73 Å². The first kappa shape index (κ1) is 32.4. The first-order valence-corrected chi connectivity index (χ1v) is 16.4. The predicted molar refractivity (Wildman–Crippen MR) is 186 cm³/mol. The zero-order valence-electron chi connectivity index (χ0n) is 27.2. The van der Waals surface area contributed by atoms with Crippen LogP contribution in [0.15, 0.2) is 91.1 Å². The van der Waals surface area contributed by atoms with Gasteiger partial charge in [0.2, 0.25) is 0 Å². The summed E-state index contributed by atoms with van der Waals surface area (Å²) in [6.45, 7) is 10.2. The lowest BCUT2D eigenvalue weighted by Crippen LogP contribution is -2.53. The number of benzene rings is 3. The Kier molecular flexibility index (Phi) is 9.68. The lowest BCUT2D eigenvalue weighted by molar-refractivity contribution is 0.0440. The molecule has 0 bridgehead atoms. The third-order valence-corrected chi connectivity index (χ3v) is 9.72. The van der Waals surface area contributed by atoms with Crippen LogP contribution in [0, 0.1) is 0 Å². The van der Waals surface area contributed by atoms with Crippen molar-refractivity contribution in [3.8, 4) is 22.3 Å². The zero-order valence-corrected chi connectivity index (χ0v) is 27.2. The Morgan fingerprint density at radius 3 is 2.19 bits per heavy atom. The molecule has 244 valence electrons. The van der Waals surface area contributed by atoms with Crippen molar-refractivity contribution < 1.29 is 14.7 Å². The quantitative estimate of drug-likeness (QED) is 0.249.